The molecular weight excluding hydrogens is 595 g/mol. The molecule has 220 valence electrons. The van der Waals surface area contributed by atoms with Crippen LogP contribution in [0.2, 0.25) is 0 Å². The van der Waals surface area contributed by atoms with Crippen LogP contribution in [0.5, 0.6) is 11.5 Å². The van der Waals surface area contributed by atoms with Crippen LogP contribution < -0.4 is 4.74 Å². The molecule has 0 saturated heterocycles. The summed E-state index contributed by atoms with van der Waals surface area (Å²) in [7, 11) is 0. The number of ether oxygens (including phenoxy) is 1. The van der Waals surface area contributed by atoms with Crippen LogP contribution in [-0.2, 0) is 5.41 Å². The molecule has 1 aliphatic heterocycles. The van der Waals surface area contributed by atoms with Gasteiger partial charge in [0, 0.05) is 32.5 Å². The summed E-state index contributed by atoms with van der Waals surface area (Å²) in [4.78, 5) is 15.1. The van der Waals surface area contributed by atoms with E-state index in [-0.39, 0.29) is 0 Å². The summed E-state index contributed by atoms with van der Waals surface area (Å²) in [6.07, 6.45) is 0. The standard InChI is InChI=1S/C42H25N3OS/c1-3-11-26(12-4-1)39-43-40(27-13-5-2-6-14-27)45-41(44-39)29-19-20-37-35(24-29)42(33-17-9-10-18-36(33)46-37)32-16-8-7-15-30(32)31-23-28-21-22-47-38(28)25-34(31)42/h1-25H. The molecule has 1 spiro atoms. The molecule has 0 radical (unpaired) electrons. The maximum atomic E-state index is 6.69. The number of thiophene rings is 1. The maximum absolute atomic E-state index is 6.69. The number of benzene rings is 6. The van der Waals surface area contributed by atoms with Crippen molar-refractivity contribution >= 4 is 21.4 Å². The van der Waals surface area contributed by atoms with Gasteiger partial charge in [0.15, 0.2) is 17.5 Å². The summed E-state index contributed by atoms with van der Waals surface area (Å²) in [5.74, 6) is 3.61. The van der Waals surface area contributed by atoms with E-state index in [4.69, 9.17) is 19.7 Å². The van der Waals surface area contributed by atoms with Crippen molar-refractivity contribution < 1.29 is 4.74 Å². The van der Waals surface area contributed by atoms with Crippen molar-refractivity contribution in [3.05, 3.63) is 173 Å². The third-order valence-corrected chi connectivity index (χ3v) is 10.3. The number of hydrogen-bond acceptors (Lipinski definition) is 5. The topological polar surface area (TPSA) is 47.9 Å². The van der Waals surface area contributed by atoms with Crippen LogP contribution in [0.15, 0.2) is 151 Å². The van der Waals surface area contributed by atoms with E-state index in [9.17, 15) is 0 Å². The molecule has 1 atom stereocenters. The second-order valence-corrected chi connectivity index (χ2v) is 12.9. The first kappa shape index (κ1) is 26.3. The molecular formula is C42H25N3OS. The number of rotatable bonds is 3. The second-order valence-electron chi connectivity index (χ2n) is 12.0. The van der Waals surface area contributed by atoms with E-state index in [0.717, 1.165) is 39.3 Å². The van der Waals surface area contributed by atoms with Gasteiger partial charge in [-0.05, 0) is 75.5 Å². The Balaban J connectivity index is 1.27. The van der Waals surface area contributed by atoms with Gasteiger partial charge < -0.3 is 4.74 Å². The molecule has 1 unspecified atom stereocenters. The van der Waals surface area contributed by atoms with Crippen molar-refractivity contribution in [1.82, 2.24) is 15.0 Å². The molecule has 0 saturated carbocycles. The van der Waals surface area contributed by atoms with Crippen LogP contribution in [0.25, 0.3) is 55.4 Å². The minimum absolute atomic E-state index is 0.582. The SMILES string of the molecule is c1ccc(-c2nc(-c3ccccc3)nc(-c3ccc4c(c3)C3(c5ccccc5O4)c4ccccc4-c4cc5ccsc5cc43)n2)cc1. The summed E-state index contributed by atoms with van der Waals surface area (Å²) >= 11 is 1.78. The summed E-state index contributed by atoms with van der Waals surface area (Å²) in [6, 6.07) is 50.9. The lowest BCUT2D eigenvalue weighted by molar-refractivity contribution is 0.436. The fraction of sp³-hybridized carbons (Fsp3) is 0.0238. The number of hydrogen-bond donors (Lipinski definition) is 0. The molecule has 47 heavy (non-hydrogen) atoms. The van der Waals surface area contributed by atoms with Gasteiger partial charge in [0.05, 0.1) is 5.41 Å². The molecule has 2 aliphatic rings. The Hall–Kier alpha value is -5.91. The summed E-state index contributed by atoms with van der Waals surface area (Å²) < 4.78 is 7.97. The Morgan fingerprint density at radius 2 is 1.06 bits per heavy atom. The Bertz CT molecular complexity index is 2450. The Morgan fingerprint density at radius 3 is 1.81 bits per heavy atom. The largest absolute Gasteiger partial charge is 0.457 e. The highest BCUT2D eigenvalue weighted by Gasteiger charge is 2.51. The normalized spacial score (nSPS) is 15.5. The van der Waals surface area contributed by atoms with E-state index in [1.165, 1.54) is 32.3 Å². The van der Waals surface area contributed by atoms with E-state index >= 15 is 0 Å². The van der Waals surface area contributed by atoms with E-state index in [0.29, 0.717) is 17.5 Å². The van der Waals surface area contributed by atoms with Gasteiger partial charge in [-0.2, -0.15) is 0 Å². The number of nitrogens with zero attached hydrogens (tertiary/aromatic N) is 3. The minimum atomic E-state index is -0.582. The molecule has 1 aliphatic carbocycles. The predicted octanol–water partition coefficient (Wildman–Crippen LogP) is 10.6. The number of para-hydroxylation sites is 1. The lowest BCUT2D eigenvalue weighted by atomic mass is 9.66. The molecule has 4 nitrogen and oxygen atoms in total. The first-order valence-electron chi connectivity index (χ1n) is 15.7. The van der Waals surface area contributed by atoms with Crippen LogP contribution in [0, 0.1) is 0 Å². The van der Waals surface area contributed by atoms with Gasteiger partial charge in [-0.15, -0.1) is 11.3 Å². The van der Waals surface area contributed by atoms with Crippen molar-refractivity contribution in [3.8, 4) is 56.8 Å². The van der Waals surface area contributed by atoms with Gasteiger partial charge >= 0.3 is 0 Å². The van der Waals surface area contributed by atoms with Gasteiger partial charge in [0.25, 0.3) is 0 Å². The molecule has 10 rings (SSSR count). The van der Waals surface area contributed by atoms with Crippen molar-refractivity contribution in [2.75, 3.05) is 0 Å². The zero-order valence-electron chi connectivity index (χ0n) is 25.1. The van der Waals surface area contributed by atoms with E-state index in [1.54, 1.807) is 11.3 Å². The van der Waals surface area contributed by atoms with Crippen LogP contribution in [0.3, 0.4) is 0 Å². The fourth-order valence-corrected chi connectivity index (χ4v) is 8.24. The Labute approximate surface area is 275 Å². The smallest absolute Gasteiger partial charge is 0.164 e. The van der Waals surface area contributed by atoms with Gasteiger partial charge in [-0.25, -0.2) is 15.0 Å². The molecule has 0 bridgehead atoms. The van der Waals surface area contributed by atoms with Gasteiger partial charge in [0.1, 0.15) is 11.5 Å². The highest BCUT2D eigenvalue weighted by molar-refractivity contribution is 7.17. The first-order chi connectivity index (χ1) is 23.3. The highest BCUT2D eigenvalue weighted by atomic mass is 32.1. The predicted molar refractivity (Wildman–Crippen MR) is 189 cm³/mol. The summed E-state index contributed by atoms with van der Waals surface area (Å²) in [5, 5.41) is 3.44. The van der Waals surface area contributed by atoms with Crippen molar-refractivity contribution in [2.24, 2.45) is 0 Å². The Morgan fingerprint density at radius 1 is 0.447 bits per heavy atom. The molecule has 5 heteroatoms. The second kappa shape index (κ2) is 10.0. The zero-order chi connectivity index (χ0) is 31.0. The maximum Gasteiger partial charge on any atom is 0.164 e. The number of aromatic nitrogens is 3. The summed E-state index contributed by atoms with van der Waals surface area (Å²) in [6.45, 7) is 0. The third kappa shape index (κ3) is 3.84. The molecule has 0 N–H and O–H groups in total. The van der Waals surface area contributed by atoms with Gasteiger partial charge in [-0.1, -0.05) is 103 Å². The van der Waals surface area contributed by atoms with E-state index in [1.807, 2.05) is 60.7 Å². The van der Waals surface area contributed by atoms with Gasteiger partial charge in [0.2, 0.25) is 0 Å². The third-order valence-electron chi connectivity index (χ3n) is 9.47. The summed E-state index contributed by atoms with van der Waals surface area (Å²) in [5.41, 5.74) is 9.47. The van der Waals surface area contributed by atoms with Crippen molar-refractivity contribution in [3.63, 3.8) is 0 Å². The number of fused-ring (bicyclic) bond motifs is 10. The van der Waals surface area contributed by atoms with E-state index < -0.39 is 5.41 Å². The Kier molecular flexibility index (Phi) is 5.63. The van der Waals surface area contributed by atoms with Crippen molar-refractivity contribution in [2.45, 2.75) is 5.41 Å². The molecule has 2 aromatic heterocycles. The lowest BCUT2D eigenvalue weighted by Crippen LogP contribution is -2.32. The lowest BCUT2D eigenvalue weighted by Gasteiger charge is -2.39. The van der Waals surface area contributed by atoms with Crippen LogP contribution in [-0.4, -0.2) is 15.0 Å². The molecule has 8 aromatic rings. The fourth-order valence-electron chi connectivity index (χ4n) is 7.43. The molecule has 6 aromatic carbocycles. The van der Waals surface area contributed by atoms with Gasteiger partial charge in [-0.3, -0.25) is 0 Å². The first-order valence-corrected chi connectivity index (χ1v) is 16.6. The minimum Gasteiger partial charge on any atom is -0.457 e. The quantitative estimate of drug-likeness (QED) is 0.197. The molecule has 0 amide bonds. The van der Waals surface area contributed by atoms with Crippen LogP contribution >= 0.6 is 11.3 Å². The zero-order valence-corrected chi connectivity index (χ0v) is 25.9. The average molecular weight is 620 g/mol. The monoisotopic (exact) mass is 619 g/mol. The average Bonchev–Trinajstić information content (AvgIpc) is 3.72. The van der Waals surface area contributed by atoms with Crippen molar-refractivity contribution in [1.29, 1.82) is 0 Å². The highest BCUT2D eigenvalue weighted by Crippen LogP contribution is 2.62. The van der Waals surface area contributed by atoms with E-state index in [2.05, 4.69) is 90.3 Å². The molecule has 0 fully saturated rings. The molecule has 3 heterocycles. The van der Waals surface area contributed by atoms with Crippen LogP contribution in [0.1, 0.15) is 22.3 Å². The van der Waals surface area contributed by atoms with Crippen LogP contribution in [0.4, 0.5) is 0 Å².